The van der Waals surface area contributed by atoms with E-state index in [4.69, 9.17) is 23.2 Å². The van der Waals surface area contributed by atoms with Crippen LogP contribution < -0.4 is 5.56 Å². The van der Waals surface area contributed by atoms with Gasteiger partial charge < -0.3 is 0 Å². The van der Waals surface area contributed by atoms with E-state index in [9.17, 15) is 4.79 Å². The van der Waals surface area contributed by atoms with Crippen LogP contribution in [0.15, 0.2) is 40.4 Å². The zero-order valence-electron chi connectivity index (χ0n) is 12.1. The molecule has 4 aromatic rings. The second-order valence-electron chi connectivity index (χ2n) is 4.83. The van der Waals surface area contributed by atoms with Gasteiger partial charge in [0.15, 0.2) is 5.52 Å². The highest BCUT2D eigenvalue weighted by atomic mass is 35.5. The lowest BCUT2D eigenvalue weighted by atomic mass is 10.3. The molecule has 7 nitrogen and oxygen atoms in total. The first-order valence-corrected chi connectivity index (χ1v) is 8.71. The van der Waals surface area contributed by atoms with Crippen LogP contribution in [-0.2, 0) is 0 Å². The standard InChI is InChI=1S/C14H8Cl2N6OS/c1-24-14-17-13-19-18-11-10(22(13)20-14)4-5-21(12(11)23)7-2-3-8(15)9(16)6-7/h2-6H,1H3. The number of hydrogen-bond acceptors (Lipinski definition) is 6. The molecule has 0 fully saturated rings. The molecule has 4 rings (SSSR count). The van der Waals surface area contributed by atoms with Gasteiger partial charge in [-0.3, -0.25) is 9.36 Å². The maximum Gasteiger partial charge on any atom is 0.285 e. The number of thioether (sulfide) groups is 1. The number of nitrogens with zero attached hydrogens (tertiary/aromatic N) is 6. The molecule has 0 atom stereocenters. The number of fused-ring (bicyclic) bond motifs is 3. The number of hydrogen-bond donors (Lipinski definition) is 0. The Balaban J connectivity index is 1.99. The molecule has 1 aromatic carbocycles. The van der Waals surface area contributed by atoms with Crippen molar-refractivity contribution in [3.63, 3.8) is 0 Å². The zero-order chi connectivity index (χ0) is 16.8. The fourth-order valence-corrected chi connectivity index (χ4v) is 2.94. The fourth-order valence-electron chi connectivity index (χ4n) is 2.31. The molecule has 10 heteroatoms. The Morgan fingerprint density at radius 2 is 1.96 bits per heavy atom. The zero-order valence-corrected chi connectivity index (χ0v) is 14.5. The molecule has 0 aliphatic carbocycles. The minimum atomic E-state index is -0.332. The van der Waals surface area contributed by atoms with E-state index < -0.39 is 0 Å². The second kappa shape index (κ2) is 5.73. The third-order valence-electron chi connectivity index (χ3n) is 3.45. The molecule has 0 amide bonds. The summed E-state index contributed by atoms with van der Waals surface area (Å²) in [6, 6.07) is 6.69. The van der Waals surface area contributed by atoms with Crippen LogP contribution in [-0.4, -0.2) is 35.6 Å². The van der Waals surface area contributed by atoms with E-state index in [1.165, 1.54) is 20.8 Å². The van der Waals surface area contributed by atoms with Crippen LogP contribution in [0.25, 0.3) is 22.5 Å². The average Bonchev–Trinajstić information content (AvgIpc) is 3.01. The van der Waals surface area contributed by atoms with Gasteiger partial charge in [0.2, 0.25) is 5.16 Å². The lowest BCUT2D eigenvalue weighted by Crippen LogP contribution is -2.20. The van der Waals surface area contributed by atoms with Crippen molar-refractivity contribution >= 4 is 51.8 Å². The van der Waals surface area contributed by atoms with Crippen LogP contribution in [0.2, 0.25) is 10.0 Å². The van der Waals surface area contributed by atoms with Crippen molar-refractivity contribution in [3.05, 3.63) is 50.9 Å². The number of halogens is 2. The number of rotatable bonds is 2. The molecule has 0 aliphatic rings. The molecule has 0 spiro atoms. The van der Waals surface area contributed by atoms with Crippen molar-refractivity contribution < 1.29 is 0 Å². The topological polar surface area (TPSA) is 78.0 Å². The molecule has 0 aliphatic heterocycles. The highest BCUT2D eigenvalue weighted by Crippen LogP contribution is 2.24. The van der Waals surface area contributed by atoms with Gasteiger partial charge >= 0.3 is 0 Å². The van der Waals surface area contributed by atoms with Crippen LogP contribution in [0.1, 0.15) is 0 Å². The van der Waals surface area contributed by atoms with Gasteiger partial charge in [0, 0.05) is 6.20 Å². The van der Waals surface area contributed by atoms with Crippen LogP contribution >= 0.6 is 35.0 Å². The SMILES string of the molecule is CSc1nc2nnc3c(=O)n(-c4ccc(Cl)c(Cl)c4)ccc3n2n1. The van der Waals surface area contributed by atoms with Gasteiger partial charge in [-0.05, 0) is 30.5 Å². The number of aromatic nitrogens is 6. The van der Waals surface area contributed by atoms with Crippen molar-refractivity contribution in [1.29, 1.82) is 0 Å². The van der Waals surface area contributed by atoms with Crippen molar-refractivity contribution in [2.45, 2.75) is 5.16 Å². The van der Waals surface area contributed by atoms with E-state index in [1.807, 2.05) is 6.26 Å². The third kappa shape index (κ3) is 2.34. The maximum absolute atomic E-state index is 12.8. The van der Waals surface area contributed by atoms with E-state index >= 15 is 0 Å². The van der Waals surface area contributed by atoms with Gasteiger partial charge in [-0.1, -0.05) is 35.0 Å². The summed E-state index contributed by atoms with van der Waals surface area (Å²) in [7, 11) is 0. The van der Waals surface area contributed by atoms with Crippen molar-refractivity contribution in [3.8, 4) is 5.69 Å². The van der Waals surface area contributed by atoms with E-state index in [1.54, 1.807) is 30.5 Å². The predicted octanol–water partition coefficient (Wildman–Crippen LogP) is 2.85. The average molecular weight is 379 g/mol. The molecular weight excluding hydrogens is 371 g/mol. The van der Waals surface area contributed by atoms with Crippen molar-refractivity contribution in [2.24, 2.45) is 0 Å². The molecular formula is C14H8Cl2N6OS. The normalized spacial score (nSPS) is 11.5. The molecule has 0 unspecified atom stereocenters. The van der Waals surface area contributed by atoms with Crippen LogP contribution in [0.3, 0.4) is 0 Å². The number of pyridine rings is 1. The van der Waals surface area contributed by atoms with Crippen LogP contribution in [0.5, 0.6) is 0 Å². The smallest absolute Gasteiger partial charge is 0.282 e. The van der Waals surface area contributed by atoms with Gasteiger partial charge in [0.25, 0.3) is 11.3 Å². The lowest BCUT2D eigenvalue weighted by molar-refractivity contribution is 0.885. The highest BCUT2D eigenvalue weighted by molar-refractivity contribution is 7.98. The van der Waals surface area contributed by atoms with Crippen molar-refractivity contribution in [1.82, 2.24) is 29.4 Å². The molecule has 120 valence electrons. The van der Waals surface area contributed by atoms with E-state index in [2.05, 4.69) is 20.3 Å². The predicted molar refractivity (Wildman–Crippen MR) is 93.5 cm³/mol. The largest absolute Gasteiger partial charge is 0.285 e. The monoisotopic (exact) mass is 378 g/mol. The third-order valence-corrected chi connectivity index (χ3v) is 4.72. The lowest BCUT2D eigenvalue weighted by Gasteiger charge is -2.08. The second-order valence-corrected chi connectivity index (χ2v) is 6.42. The molecule has 0 bridgehead atoms. The Labute approximate surface area is 149 Å². The summed E-state index contributed by atoms with van der Waals surface area (Å²) < 4.78 is 2.94. The molecule has 0 radical (unpaired) electrons. The molecule has 0 saturated carbocycles. The van der Waals surface area contributed by atoms with Crippen LogP contribution in [0.4, 0.5) is 0 Å². The molecule has 3 heterocycles. The minimum absolute atomic E-state index is 0.189. The van der Waals surface area contributed by atoms with Gasteiger partial charge in [0.1, 0.15) is 5.52 Å². The van der Waals surface area contributed by atoms with E-state index in [0.29, 0.717) is 32.2 Å². The first-order valence-electron chi connectivity index (χ1n) is 6.73. The summed E-state index contributed by atoms with van der Waals surface area (Å²) in [6.45, 7) is 0. The number of benzene rings is 1. The molecule has 0 saturated heterocycles. The Hall–Kier alpha value is -2.16. The summed E-state index contributed by atoms with van der Waals surface area (Å²) in [5.74, 6) is 0.346. The molecule has 24 heavy (non-hydrogen) atoms. The Morgan fingerprint density at radius 1 is 1.12 bits per heavy atom. The first-order chi connectivity index (χ1) is 11.6. The first kappa shape index (κ1) is 15.4. The Bertz CT molecular complexity index is 1160. The molecule has 0 N–H and O–H groups in total. The van der Waals surface area contributed by atoms with Gasteiger partial charge in [-0.25, -0.2) is 0 Å². The van der Waals surface area contributed by atoms with Gasteiger partial charge in [-0.15, -0.1) is 15.3 Å². The fraction of sp³-hybridized carbons (Fsp3) is 0.0714. The highest BCUT2D eigenvalue weighted by Gasteiger charge is 2.13. The van der Waals surface area contributed by atoms with Crippen molar-refractivity contribution in [2.75, 3.05) is 6.26 Å². The van der Waals surface area contributed by atoms with E-state index in [0.717, 1.165) is 0 Å². The van der Waals surface area contributed by atoms with Crippen LogP contribution in [0, 0.1) is 0 Å². The maximum atomic E-state index is 12.8. The molecule has 3 aromatic heterocycles. The Morgan fingerprint density at radius 3 is 2.71 bits per heavy atom. The van der Waals surface area contributed by atoms with Gasteiger partial charge in [0.05, 0.1) is 15.7 Å². The van der Waals surface area contributed by atoms with E-state index in [-0.39, 0.29) is 11.1 Å². The summed E-state index contributed by atoms with van der Waals surface area (Å²) >= 11 is 13.3. The Kier molecular flexibility index (Phi) is 3.67. The summed E-state index contributed by atoms with van der Waals surface area (Å²) in [6.07, 6.45) is 3.49. The summed E-state index contributed by atoms with van der Waals surface area (Å²) in [5.41, 5.74) is 0.978. The minimum Gasteiger partial charge on any atom is -0.282 e. The summed E-state index contributed by atoms with van der Waals surface area (Å²) in [4.78, 5) is 17.0. The summed E-state index contributed by atoms with van der Waals surface area (Å²) in [5, 5.41) is 13.6. The van der Waals surface area contributed by atoms with Gasteiger partial charge in [-0.2, -0.15) is 9.50 Å². The quantitative estimate of drug-likeness (QED) is 0.499.